The second-order valence-electron chi connectivity index (χ2n) is 7.55. The van der Waals surface area contributed by atoms with Gasteiger partial charge in [-0.3, -0.25) is 0 Å². The van der Waals surface area contributed by atoms with Crippen LogP contribution in [0.2, 0.25) is 0 Å². The predicted molar refractivity (Wildman–Crippen MR) is 85.0 cm³/mol. The van der Waals surface area contributed by atoms with E-state index < -0.39 is 11.6 Å². The van der Waals surface area contributed by atoms with Gasteiger partial charge in [-0.25, -0.2) is 14.3 Å². The molecule has 2 heterocycles. The fourth-order valence-electron chi connectivity index (χ4n) is 3.08. The van der Waals surface area contributed by atoms with E-state index in [2.05, 4.69) is 10.3 Å². The molecule has 24 heavy (non-hydrogen) atoms. The van der Waals surface area contributed by atoms with Gasteiger partial charge in [0.05, 0.1) is 11.7 Å². The van der Waals surface area contributed by atoms with Crippen molar-refractivity contribution in [2.24, 2.45) is 0 Å². The number of aromatic carboxylic acids is 1. The van der Waals surface area contributed by atoms with Gasteiger partial charge in [0.2, 0.25) is 0 Å². The number of hydrogen-bond acceptors (Lipinski definition) is 5. The molecule has 1 aromatic rings. The fourth-order valence-corrected chi connectivity index (χ4v) is 3.08. The lowest BCUT2D eigenvalue weighted by molar-refractivity contribution is 0.0183. The molecule has 2 fully saturated rings. The number of aromatic nitrogens is 3. The summed E-state index contributed by atoms with van der Waals surface area (Å²) in [4.78, 5) is 25.2. The van der Waals surface area contributed by atoms with Crippen molar-refractivity contribution in [3.05, 3.63) is 11.4 Å². The van der Waals surface area contributed by atoms with Gasteiger partial charge in [0.15, 0.2) is 5.69 Å². The highest BCUT2D eigenvalue weighted by atomic mass is 16.6. The number of piperidine rings is 1. The topological polar surface area (TPSA) is 97.5 Å². The summed E-state index contributed by atoms with van der Waals surface area (Å²) in [7, 11) is 0. The van der Waals surface area contributed by atoms with Gasteiger partial charge in [-0.15, -0.1) is 5.10 Å². The monoisotopic (exact) mass is 336 g/mol. The van der Waals surface area contributed by atoms with Crippen LogP contribution in [0.5, 0.6) is 0 Å². The molecule has 0 atom stereocenters. The number of carboxylic acids is 1. The van der Waals surface area contributed by atoms with Crippen LogP contribution < -0.4 is 0 Å². The number of ether oxygens (including phenoxy) is 1. The Hall–Kier alpha value is -2.12. The van der Waals surface area contributed by atoms with Crippen molar-refractivity contribution in [3.63, 3.8) is 0 Å². The van der Waals surface area contributed by atoms with E-state index in [1.807, 2.05) is 20.8 Å². The van der Waals surface area contributed by atoms with Crippen LogP contribution >= 0.6 is 0 Å². The summed E-state index contributed by atoms with van der Waals surface area (Å²) in [6.07, 6.45) is 3.13. The van der Waals surface area contributed by atoms with Crippen LogP contribution in [0.3, 0.4) is 0 Å². The molecule has 0 spiro atoms. The molecule has 0 bridgehead atoms. The minimum Gasteiger partial charge on any atom is -0.476 e. The van der Waals surface area contributed by atoms with E-state index in [1.165, 1.54) is 0 Å². The van der Waals surface area contributed by atoms with E-state index >= 15 is 0 Å². The second kappa shape index (κ2) is 6.07. The minimum atomic E-state index is -1.02. The average molecular weight is 336 g/mol. The zero-order chi connectivity index (χ0) is 17.5. The van der Waals surface area contributed by atoms with Crippen LogP contribution in [0.25, 0.3) is 0 Å². The van der Waals surface area contributed by atoms with Crippen molar-refractivity contribution in [2.45, 2.75) is 64.0 Å². The highest BCUT2D eigenvalue weighted by Crippen LogP contribution is 2.42. The lowest BCUT2D eigenvalue weighted by Crippen LogP contribution is -2.42. The number of hydrogen-bond donors (Lipinski definition) is 1. The highest BCUT2D eigenvalue weighted by Gasteiger charge is 2.37. The Morgan fingerprint density at radius 3 is 2.29 bits per heavy atom. The summed E-state index contributed by atoms with van der Waals surface area (Å²) in [6, 6.07) is 0.0832. The third-order valence-corrected chi connectivity index (χ3v) is 4.36. The first-order valence-electron chi connectivity index (χ1n) is 8.42. The van der Waals surface area contributed by atoms with Gasteiger partial charge in [-0.2, -0.15) is 0 Å². The maximum Gasteiger partial charge on any atom is 0.410 e. The Morgan fingerprint density at radius 2 is 1.79 bits per heavy atom. The molecule has 0 aromatic carbocycles. The maximum absolute atomic E-state index is 12.1. The van der Waals surface area contributed by atoms with Crippen LogP contribution in [0.15, 0.2) is 0 Å². The number of carbonyl (C=O) groups is 2. The van der Waals surface area contributed by atoms with Crippen molar-refractivity contribution in [1.82, 2.24) is 19.9 Å². The molecular weight excluding hydrogens is 312 g/mol. The van der Waals surface area contributed by atoms with E-state index in [0.717, 1.165) is 31.4 Å². The molecule has 1 aromatic heterocycles. The Bertz CT molecular complexity index is 637. The van der Waals surface area contributed by atoms with Crippen molar-refractivity contribution in [1.29, 1.82) is 0 Å². The van der Waals surface area contributed by atoms with E-state index in [0.29, 0.717) is 13.1 Å². The summed E-state index contributed by atoms with van der Waals surface area (Å²) in [5, 5.41) is 17.3. The van der Waals surface area contributed by atoms with Crippen LogP contribution in [0, 0.1) is 0 Å². The summed E-state index contributed by atoms with van der Waals surface area (Å²) in [6.45, 7) is 6.70. The molecule has 3 rings (SSSR count). The van der Waals surface area contributed by atoms with E-state index in [-0.39, 0.29) is 23.7 Å². The Labute approximate surface area is 140 Å². The van der Waals surface area contributed by atoms with Gasteiger partial charge >= 0.3 is 12.1 Å². The zero-order valence-corrected chi connectivity index (χ0v) is 14.4. The first kappa shape index (κ1) is 16.7. The number of likely N-dealkylation sites (tertiary alicyclic amines) is 1. The maximum atomic E-state index is 12.1. The highest BCUT2D eigenvalue weighted by molar-refractivity contribution is 5.86. The lowest BCUT2D eigenvalue weighted by atomic mass is 10.0. The van der Waals surface area contributed by atoms with Crippen LogP contribution in [0.4, 0.5) is 4.79 Å². The molecule has 132 valence electrons. The predicted octanol–water partition coefficient (Wildman–Crippen LogP) is 2.43. The normalized spacial score (nSPS) is 19.4. The van der Waals surface area contributed by atoms with Gasteiger partial charge in [-0.05, 0) is 46.5 Å². The molecule has 0 unspecified atom stereocenters. The average Bonchev–Trinajstić information content (AvgIpc) is 3.23. The van der Waals surface area contributed by atoms with E-state index in [9.17, 15) is 14.7 Å². The molecule has 1 saturated heterocycles. The van der Waals surface area contributed by atoms with Crippen molar-refractivity contribution < 1.29 is 19.4 Å². The van der Waals surface area contributed by atoms with Gasteiger partial charge < -0.3 is 14.7 Å². The summed E-state index contributed by atoms with van der Waals surface area (Å²) in [5.41, 5.74) is 0.320. The van der Waals surface area contributed by atoms with E-state index in [1.54, 1.807) is 9.58 Å². The molecule has 0 radical (unpaired) electrons. The summed E-state index contributed by atoms with van der Waals surface area (Å²) >= 11 is 0. The molecule has 8 nitrogen and oxygen atoms in total. The van der Waals surface area contributed by atoms with Gasteiger partial charge in [0, 0.05) is 19.0 Å². The summed E-state index contributed by atoms with van der Waals surface area (Å²) < 4.78 is 7.19. The summed E-state index contributed by atoms with van der Waals surface area (Å²) in [5.74, 6) is -0.760. The number of amides is 1. The molecule has 1 N–H and O–H groups in total. The number of nitrogens with zero attached hydrogens (tertiary/aromatic N) is 4. The van der Waals surface area contributed by atoms with Gasteiger partial charge in [-0.1, -0.05) is 5.21 Å². The molecular formula is C16H24N4O4. The molecule has 1 aliphatic carbocycles. The molecule has 1 aliphatic heterocycles. The van der Waals surface area contributed by atoms with Crippen molar-refractivity contribution in [3.8, 4) is 0 Å². The minimum absolute atomic E-state index is 0.0760. The standard InChI is InChI=1S/C16H24N4O4/c1-16(2,3)24-15(23)19-8-6-11(7-9-19)20-13(10-4-5-10)12(14(21)22)17-18-20/h10-11H,4-9H2,1-3H3,(H,21,22). The quantitative estimate of drug-likeness (QED) is 0.910. The van der Waals surface area contributed by atoms with Crippen molar-refractivity contribution in [2.75, 3.05) is 13.1 Å². The third kappa shape index (κ3) is 3.52. The van der Waals surface area contributed by atoms with E-state index in [4.69, 9.17) is 4.74 Å². The Kier molecular flexibility index (Phi) is 4.23. The zero-order valence-electron chi connectivity index (χ0n) is 14.4. The second-order valence-corrected chi connectivity index (χ2v) is 7.55. The van der Waals surface area contributed by atoms with Gasteiger partial charge in [0.25, 0.3) is 0 Å². The molecule has 8 heteroatoms. The van der Waals surface area contributed by atoms with Crippen molar-refractivity contribution >= 4 is 12.1 Å². The number of carbonyl (C=O) groups excluding carboxylic acids is 1. The molecule has 1 amide bonds. The Morgan fingerprint density at radius 1 is 1.17 bits per heavy atom. The smallest absolute Gasteiger partial charge is 0.410 e. The Balaban J connectivity index is 1.67. The largest absolute Gasteiger partial charge is 0.476 e. The SMILES string of the molecule is CC(C)(C)OC(=O)N1CCC(n2nnc(C(=O)O)c2C2CC2)CC1. The molecule has 1 saturated carbocycles. The molecule has 2 aliphatic rings. The lowest BCUT2D eigenvalue weighted by Gasteiger charge is -2.33. The number of carboxylic acid groups (broad SMARTS) is 1. The van der Waals surface area contributed by atoms with Crippen LogP contribution in [-0.2, 0) is 4.74 Å². The van der Waals surface area contributed by atoms with Crippen LogP contribution in [-0.4, -0.2) is 55.8 Å². The number of rotatable bonds is 3. The van der Waals surface area contributed by atoms with Gasteiger partial charge in [0.1, 0.15) is 5.60 Å². The third-order valence-electron chi connectivity index (χ3n) is 4.36. The first-order valence-corrected chi connectivity index (χ1v) is 8.42. The fraction of sp³-hybridized carbons (Fsp3) is 0.750. The van der Waals surface area contributed by atoms with Crippen LogP contribution in [0.1, 0.15) is 74.6 Å². The first-order chi connectivity index (χ1) is 11.3.